The highest BCUT2D eigenvalue weighted by molar-refractivity contribution is 6.30. The van der Waals surface area contributed by atoms with Gasteiger partial charge in [0.25, 0.3) is 6.43 Å². The first-order valence-electron chi connectivity index (χ1n) is 3.80. The molecule has 1 aromatic rings. The number of aromatic nitrogens is 1. The van der Waals surface area contributed by atoms with Gasteiger partial charge in [-0.3, -0.25) is 4.79 Å². The summed E-state index contributed by atoms with van der Waals surface area (Å²) in [7, 11) is 0. The van der Waals surface area contributed by atoms with Gasteiger partial charge in [-0.1, -0.05) is 11.6 Å². The van der Waals surface area contributed by atoms with Gasteiger partial charge in [-0.2, -0.15) is 0 Å². The van der Waals surface area contributed by atoms with Gasteiger partial charge < -0.3 is 10.2 Å². The number of carbonyl (C=O) groups is 1. The van der Waals surface area contributed by atoms with E-state index < -0.39 is 35.3 Å². The Bertz CT molecular complexity index is 398. The van der Waals surface area contributed by atoms with Crippen LogP contribution >= 0.6 is 11.6 Å². The summed E-state index contributed by atoms with van der Waals surface area (Å²) in [4.78, 5) is 13.8. The zero-order valence-electron chi connectivity index (χ0n) is 7.25. The number of pyridine rings is 1. The number of hydrogen-bond acceptors (Lipinski definition) is 3. The lowest BCUT2D eigenvalue weighted by molar-refractivity contribution is -0.136. The molecule has 0 saturated heterocycles. The van der Waals surface area contributed by atoms with Gasteiger partial charge in [-0.25, -0.2) is 13.8 Å². The highest BCUT2D eigenvalue weighted by Crippen LogP contribution is 2.33. The molecule has 0 aromatic carbocycles. The molecule has 0 unspecified atom stereocenters. The second kappa shape index (κ2) is 4.39. The van der Waals surface area contributed by atoms with Crippen molar-refractivity contribution in [1.82, 2.24) is 4.98 Å². The second-order valence-electron chi connectivity index (χ2n) is 2.71. The topological polar surface area (TPSA) is 70.4 Å². The number of carboxylic acid groups (broad SMARTS) is 1. The Morgan fingerprint density at radius 3 is 2.67 bits per heavy atom. The first-order chi connectivity index (χ1) is 6.91. The standard InChI is InChI=1S/C8H6ClF2NO3/c9-7-6(15)4(8(10)11)1-3(12-7)2-5(13)14/h1,8,15H,2H2,(H,13,14). The summed E-state index contributed by atoms with van der Waals surface area (Å²) >= 11 is 5.36. The Morgan fingerprint density at radius 2 is 2.20 bits per heavy atom. The molecule has 0 atom stereocenters. The molecule has 0 aliphatic heterocycles. The van der Waals surface area contributed by atoms with Gasteiger partial charge in [-0.15, -0.1) is 0 Å². The number of hydrogen-bond donors (Lipinski definition) is 2. The van der Waals surface area contributed by atoms with Crippen LogP contribution in [-0.2, 0) is 11.2 Å². The van der Waals surface area contributed by atoms with E-state index in [-0.39, 0.29) is 5.69 Å². The van der Waals surface area contributed by atoms with Gasteiger partial charge >= 0.3 is 5.97 Å². The van der Waals surface area contributed by atoms with Crippen molar-refractivity contribution >= 4 is 17.6 Å². The molecule has 15 heavy (non-hydrogen) atoms. The van der Waals surface area contributed by atoms with Crippen molar-refractivity contribution in [3.63, 3.8) is 0 Å². The molecule has 1 heterocycles. The summed E-state index contributed by atoms with van der Waals surface area (Å²) in [5, 5.41) is 17.0. The zero-order chi connectivity index (χ0) is 11.6. The van der Waals surface area contributed by atoms with Crippen LogP contribution in [0.3, 0.4) is 0 Å². The first kappa shape index (κ1) is 11.6. The molecule has 0 bridgehead atoms. The summed E-state index contributed by atoms with van der Waals surface area (Å²) in [5.41, 5.74) is -0.841. The lowest BCUT2D eigenvalue weighted by Crippen LogP contribution is -2.04. The summed E-state index contributed by atoms with van der Waals surface area (Å²) < 4.78 is 24.7. The Kier molecular flexibility index (Phi) is 3.41. The van der Waals surface area contributed by atoms with E-state index in [1.165, 1.54) is 0 Å². The monoisotopic (exact) mass is 237 g/mol. The van der Waals surface area contributed by atoms with Crippen molar-refractivity contribution in [2.75, 3.05) is 0 Å². The smallest absolute Gasteiger partial charge is 0.309 e. The average Bonchev–Trinajstić information content (AvgIpc) is 2.09. The molecule has 1 aromatic heterocycles. The summed E-state index contributed by atoms with van der Waals surface area (Å²) in [6.45, 7) is 0. The molecule has 0 saturated carbocycles. The minimum atomic E-state index is -2.93. The van der Waals surface area contributed by atoms with Crippen LogP contribution in [0.25, 0.3) is 0 Å². The van der Waals surface area contributed by atoms with E-state index in [9.17, 15) is 13.6 Å². The Morgan fingerprint density at radius 1 is 1.60 bits per heavy atom. The van der Waals surface area contributed by atoms with Crippen molar-refractivity contribution < 1.29 is 23.8 Å². The predicted molar refractivity (Wildman–Crippen MR) is 47.2 cm³/mol. The summed E-state index contributed by atoms with van der Waals surface area (Å²) in [6, 6.07) is 0.819. The number of aromatic hydroxyl groups is 1. The lowest BCUT2D eigenvalue weighted by atomic mass is 10.2. The molecule has 82 valence electrons. The molecular formula is C8H6ClF2NO3. The lowest BCUT2D eigenvalue weighted by Gasteiger charge is -2.06. The summed E-state index contributed by atoms with van der Waals surface area (Å²) in [6.07, 6.45) is -3.46. The van der Waals surface area contributed by atoms with Gasteiger partial charge in [0, 0.05) is 0 Å². The van der Waals surface area contributed by atoms with Crippen LogP contribution in [0.4, 0.5) is 8.78 Å². The average molecular weight is 238 g/mol. The number of rotatable bonds is 3. The van der Waals surface area contributed by atoms with Gasteiger partial charge in [-0.05, 0) is 6.07 Å². The van der Waals surface area contributed by atoms with Crippen molar-refractivity contribution in [2.24, 2.45) is 0 Å². The number of carboxylic acids is 1. The van der Waals surface area contributed by atoms with E-state index in [0.29, 0.717) is 0 Å². The molecule has 1 rings (SSSR count). The maximum Gasteiger partial charge on any atom is 0.309 e. The van der Waals surface area contributed by atoms with E-state index in [0.717, 1.165) is 6.07 Å². The predicted octanol–water partition coefficient (Wildman–Crippen LogP) is 2.01. The largest absolute Gasteiger partial charge is 0.504 e. The van der Waals surface area contributed by atoms with Crippen LogP contribution in [0, 0.1) is 0 Å². The molecule has 2 N–H and O–H groups in total. The maximum atomic E-state index is 12.3. The van der Waals surface area contributed by atoms with Gasteiger partial charge in [0.15, 0.2) is 10.9 Å². The van der Waals surface area contributed by atoms with E-state index in [1.54, 1.807) is 0 Å². The Hall–Kier alpha value is -1.43. The van der Waals surface area contributed by atoms with Crippen LogP contribution in [0.1, 0.15) is 17.7 Å². The van der Waals surface area contributed by atoms with E-state index in [4.69, 9.17) is 21.8 Å². The van der Waals surface area contributed by atoms with Crippen molar-refractivity contribution in [1.29, 1.82) is 0 Å². The molecule has 7 heteroatoms. The van der Waals surface area contributed by atoms with Crippen molar-refractivity contribution in [3.8, 4) is 5.75 Å². The number of halogens is 3. The fourth-order valence-corrected chi connectivity index (χ4v) is 1.21. The van der Waals surface area contributed by atoms with Crippen LogP contribution in [-0.4, -0.2) is 21.2 Å². The minimum Gasteiger partial charge on any atom is -0.504 e. The van der Waals surface area contributed by atoms with E-state index in [1.807, 2.05) is 0 Å². The maximum absolute atomic E-state index is 12.3. The fraction of sp³-hybridized carbons (Fsp3) is 0.250. The van der Waals surface area contributed by atoms with Crippen LogP contribution < -0.4 is 0 Å². The van der Waals surface area contributed by atoms with Crippen LogP contribution in [0.5, 0.6) is 5.75 Å². The van der Waals surface area contributed by atoms with Crippen LogP contribution in [0.15, 0.2) is 6.07 Å². The SMILES string of the molecule is O=C(O)Cc1cc(C(F)F)c(O)c(Cl)n1. The minimum absolute atomic E-state index is 0.124. The zero-order valence-corrected chi connectivity index (χ0v) is 8.00. The quantitative estimate of drug-likeness (QED) is 0.789. The third-order valence-corrected chi connectivity index (χ3v) is 1.86. The van der Waals surface area contributed by atoms with Gasteiger partial charge in [0.2, 0.25) is 0 Å². The third-order valence-electron chi connectivity index (χ3n) is 1.60. The van der Waals surface area contributed by atoms with E-state index >= 15 is 0 Å². The molecule has 0 radical (unpaired) electrons. The van der Waals surface area contributed by atoms with Crippen LogP contribution in [0.2, 0.25) is 5.15 Å². The van der Waals surface area contributed by atoms with E-state index in [2.05, 4.69) is 4.98 Å². The number of aliphatic carboxylic acids is 1. The molecule has 0 spiro atoms. The van der Waals surface area contributed by atoms with Crippen molar-refractivity contribution in [3.05, 3.63) is 22.5 Å². The number of nitrogens with zero attached hydrogens (tertiary/aromatic N) is 1. The van der Waals surface area contributed by atoms with Gasteiger partial charge in [0.1, 0.15) is 0 Å². The highest BCUT2D eigenvalue weighted by Gasteiger charge is 2.18. The van der Waals surface area contributed by atoms with Crippen molar-refractivity contribution in [2.45, 2.75) is 12.8 Å². The van der Waals surface area contributed by atoms with Gasteiger partial charge in [0.05, 0.1) is 17.7 Å². The summed E-state index contributed by atoms with van der Waals surface area (Å²) in [5.74, 6) is -2.04. The Labute approximate surface area is 88.1 Å². The Balaban J connectivity index is 3.17. The second-order valence-corrected chi connectivity index (χ2v) is 3.07. The first-order valence-corrected chi connectivity index (χ1v) is 4.18. The molecule has 0 amide bonds. The molecule has 0 aliphatic carbocycles. The fourth-order valence-electron chi connectivity index (χ4n) is 0.990. The molecule has 0 fully saturated rings. The molecule has 4 nitrogen and oxygen atoms in total. The highest BCUT2D eigenvalue weighted by atomic mass is 35.5. The third kappa shape index (κ3) is 2.76. The molecular weight excluding hydrogens is 232 g/mol. The molecule has 0 aliphatic rings. The number of alkyl halides is 2. The normalized spacial score (nSPS) is 10.7.